The van der Waals surface area contributed by atoms with Gasteiger partial charge in [0.05, 0.1) is 5.56 Å². The van der Waals surface area contributed by atoms with E-state index < -0.39 is 23.7 Å². The van der Waals surface area contributed by atoms with Gasteiger partial charge in [0.2, 0.25) is 0 Å². The minimum Gasteiger partial charge on any atom is -0.406 e. The molecule has 2 aromatic carbocycles. The molecule has 1 nitrogen and oxygen atoms in total. The van der Waals surface area contributed by atoms with Gasteiger partial charge in [0.25, 0.3) is 0 Å². The highest BCUT2D eigenvalue weighted by Gasteiger charge is 2.31. The predicted molar refractivity (Wildman–Crippen MR) is 119 cm³/mol. The Morgan fingerprint density at radius 1 is 0.758 bits per heavy atom. The van der Waals surface area contributed by atoms with E-state index in [0.29, 0.717) is 11.5 Å². The van der Waals surface area contributed by atoms with Crippen molar-refractivity contribution in [2.45, 2.75) is 82.9 Å². The molecule has 4 rings (SSSR count). The maximum absolute atomic E-state index is 14.9. The molecule has 0 bridgehead atoms. The molecule has 2 aliphatic rings. The fourth-order valence-electron chi connectivity index (χ4n) is 5.71. The van der Waals surface area contributed by atoms with Crippen LogP contribution in [-0.2, 0) is 0 Å². The van der Waals surface area contributed by atoms with Crippen molar-refractivity contribution in [3.05, 3.63) is 53.6 Å². The molecule has 0 unspecified atom stereocenters. The first-order chi connectivity index (χ1) is 15.8. The third kappa shape index (κ3) is 6.48. The van der Waals surface area contributed by atoms with Gasteiger partial charge in [-0.3, -0.25) is 0 Å². The zero-order valence-corrected chi connectivity index (χ0v) is 18.8. The predicted octanol–water partition coefficient (Wildman–Crippen LogP) is 9.16. The van der Waals surface area contributed by atoms with Crippen LogP contribution < -0.4 is 4.74 Å². The Morgan fingerprint density at radius 3 is 1.85 bits per heavy atom. The fourth-order valence-corrected chi connectivity index (χ4v) is 5.71. The van der Waals surface area contributed by atoms with Gasteiger partial charge in [-0.25, -0.2) is 8.78 Å². The smallest absolute Gasteiger partial charge is 0.406 e. The second-order valence-electron chi connectivity index (χ2n) is 9.73. The van der Waals surface area contributed by atoms with E-state index >= 15 is 0 Å². The largest absolute Gasteiger partial charge is 0.573 e. The second-order valence-corrected chi connectivity index (χ2v) is 9.73. The molecule has 6 heteroatoms. The summed E-state index contributed by atoms with van der Waals surface area (Å²) < 4.78 is 70.5. The maximum atomic E-state index is 14.9. The van der Waals surface area contributed by atoms with Gasteiger partial charge in [-0.05, 0) is 78.8 Å². The molecule has 2 aromatic rings. The van der Waals surface area contributed by atoms with Gasteiger partial charge in [0.1, 0.15) is 17.4 Å². The van der Waals surface area contributed by atoms with Crippen molar-refractivity contribution in [1.29, 1.82) is 0 Å². The van der Waals surface area contributed by atoms with Gasteiger partial charge in [-0.15, -0.1) is 13.2 Å². The molecule has 0 heterocycles. The van der Waals surface area contributed by atoms with Crippen molar-refractivity contribution in [2.24, 2.45) is 11.8 Å². The van der Waals surface area contributed by atoms with Crippen LogP contribution in [0.25, 0.3) is 11.1 Å². The average molecular weight is 467 g/mol. The summed E-state index contributed by atoms with van der Waals surface area (Å²) >= 11 is 0. The van der Waals surface area contributed by atoms with Crippen molar-refractivity contribution in [1.82, 2.24) is 0 Å². The van der Waals surface area contributed by atoms with Gasteiger partial charge < -0.3 is 4.74 Å². The van der Waals surface area contributed by atoms with Gasteiger partial charge in [-0.1, -0.05) is 57.1 Å². The Kier molecular flexibility index (Phi) is 7.60. The van der Waals surface area contributed by atoms with E-state index in [2.05, 4.69) is 4.74 Å². The highest BCUT2D eigenvalue weighted by Crippen LogP contribution is 2.40. The highest BCUT2D eigenvalue weighted by atomic mass is 19.4. The van der Waals surface area contributed by atoms with E-state index in [-0.39, 0.29) is 17.0 Å². The first kappa shape index (κ1) is 24.0. The number of hydrogen-bond donors (Lipinski definition) is 0. The van der Waals surface area contributed by atoms with Crippen molar-refractivity contribution < 1.29 is 26.7 Å². The minimum atomic E-state index is -4.81. The molecule has 180 valence electrons. The van der Waals surface area contributed by atoms with Crippen LogP contribution in [0.2, 0.25) is 0 Å². The summed E-state index contributed by atoms with van der Waals surface area (Å²) in [6.07, 6.45) is 8.74. The van der Waals surface area contributed by atoms with Crippen LogP contribution in [-0.4, -0.2) is 6.36 Å². The third-order valence-corrected chi connectivity index (χ3v) is 7.46. The Labute approximate surface area is 192 Å². The van der Waals surface area contributed by atoms with Gasteiger partial charge in [-0.2, -0.15) is 0 Å². The number of benzene rings is 2. The summed E-state index contributed by atoms with van der Waals surface area (Å²) in [6, 6.07) is 7.37. The summed E-state index contributed by atoms with van der Waals surface area (Å²) in [7, 11) is 0. The molecular weight excluding hydrogens is 435 g/mol. The highest BCUT2D eigenvalue weighted by molar-refractivity contribution is 5.66. The molecule has 0 amide bonds. The zero-order chi connectivity index (χ0) is 23.4. The van der Waals surface area contributed by atoms with Crippen LogP contribution in [0, 0.1) is 23.5 Å². The lowest BCUT2D eigenvalue weighted by atomic mass is 9.76. The van der Waals surface area contributed by atoms with E-state index in [9.17, 15) is 22.0 Å². The summed E-state index contributed by atoms with van der Waals surface area (Å²) in [5.74, 6) is -0.00467. The van der Waals surface area contributed by atoms with E-state index in [1.165, 1.54) is 69.2 Å². The SMILES string of the molecule is Fc1cc([C@H]2CC[C@H](CCCC3CCCC3)CC2)cc(F)c1-c1ccc(OC(F)(F)F)cc1. The van der Waals surface area contributed by atoms with E-state index in [1.54, 1.807) is 0 Å². The van der Waals surface area contributed by atoms with Crippen molar-refractivity contribution >= 4 is 0 Å². The fraction of sp³-hybridized carbons (Fsp3) is 0.556. The quantitative estimate of drug-likeness (QED) is 0.370. The molecule has 33 heavy (non-hydrogen) atoms. The number of halogens is 5. The number of rotatable bonds is 7. The normalized spacial score (nSPS) is 22.0. The Hall–Kier alpha value is -2.11. The molecule has 2 saturated carbocycles. The van der Waals surface area contributed by atoms with Crippen LogP contribution in [0.1, 0.15) is 82.1 Å². The average Bonchev–Trinajstić information content (AvgIpc) is 3.27. The van der Waals surface area contributed by atoms with Crippen LogP contribution >= 0.6 is 0 Å². The Bertz CT molecular complexity index is 884. The molecule has 0 saturated heterocycles. The standard InChI is InChI=1S/C27H31F5O/c28-24-16-22(20-10-8-19(9-11-20)7-3-6-18-4-1-2-5-18)17-25(29)26(24)21-12-14-23(15-13-21)33-27(30,31)32/h12-20H,1-11H2/t19-,20-. The molecule has 0 radical (unpaired) electrons. The molecule has 0 atom stereocenters. The van der Waals surface area contributed by atoms with Crippen LogP contribution in [0.4, 0.5) is 22.0 Å². The van der Waals surface area contributed by atoms with E-state index in [1.807, 2.05) is 0 Å². The molecule has 0 aliphatic heterocycles. The molecule has 0 N–H and O–H groups in total. The van der Waals surface area contributed by atoms with Crippen LogP contribution in [0.3, 0.4) is 0 Å². The lowest BCUT2D eigenvalue weighted by Gasteiger charge is -2.29. The molecule has 0 spiro atoms. The van der Waals surface area contributed by atoms with Gasteiger partial charge in [0.15, 0.2) is 0 Å². The lowest BCUT2D eigenvalue weighted by Crippen LogP contribution is -2.17. The summed E-state index contributed by atoms with van der Waals surface area (Å²) in [5, 5.41) is 0. The molecule has 0 aromatic heterocycles. The number of alkyl halides is 3. The zero-order valence-electron chi connectivity index (χ0n) is 18.8. The second kappa shape index (κ2) is 10.4. The number of ether oxygens (including phenoxy) is 1. The van der Waals surface area contributed by atoms with Crippen LogP contribution in [0.5, 0.6) is 5.75 Å². The third-order valence-electron chi connectivity index (χ3n) is 7.46. The van der Waals surface area contributed by atoms with Crippen LogP contribution in [0.15, 0.2) is 36.4 Å². The lowest BCUT2D eigenvalue weighted by molar-refractivity contribution is -0.274. The van der Waals surface area contributed by atoms with Gasteiger partial charge in [0, 0.05) is 0 Å². The first-order valence-electron chi connectivity index (χ1n) is 12.1. The first-order valence-corrected chi connectivity index (χ1v) is 12.1. The Morgan fingerprint density at radius 2 is 1.30 bits per heavy atom. The topological polar surface area (TPSA) is 9.23 Å². The maximum Gasteiger partial charge on any atom is 0.573 e. The summed E-state index contributed by atoms with van der Waals surface area (Å²) in [5.41, 5.74) is 0.630. The van der Waals surface area contributed by atoms with Crippen molar-refractivity contribution in [3.8, 4) is 16.9 Å². The Balaban J connectivity index is 1.34. The monoisotopic (exact) mass is 466 g/mol. The van der Waals surface area contributed by atoms with Gasteiger partial charge >= 0.3 is 6.36 Å². The van der Waals surface area contributed by atoms with E-state index in [0.717, 1.165) is 43.7 Å². The summed E-state index contributed by atoms with van der Waals surface area (Å²) in [6.45, 7) is 0. The molecular formula is C27H31F5O. The van der Waals surface area contributed by atoms with Crippen molar-refractivity contribution in [3.63, 3.8) is 0 Å². The van der Waals surface area contributed by atoms with Crippen molar-refractivity contribution in [2.75, 3.05) is 0 Å². The summed E-state index contributed by atoms with van der Waals surface area (Å²) in [4.78, 5) is 0. The number of hydrogen-bond acceptors (Lipinski definition) is 1. The molecule has 2 fully saturated rings. The minimum absolute atomic E-state index is 0.150. The van der Waals surface area contributed by atoms with E-state index in [4.69, 9.17) is 0 Å². The molecule has 2 aliphatic carbocycles.